The maximum Gasteiger partial charge on any atom is 0.347 e. The molecule has 0 aliphatic carbocycles. The summed E-state index contributed by atoms with van der Waals surface area (Å²) >= 11 is 12.0. The second-order valence-electron chi connectivity index (χ2n) is 10.4. The molecule has 4 rings (SSSR count). The number of hydrazone groups is 1. The molecule has 3 N–H and O–H groups in total. The molecule has 0 spiro atoms. The molecule has 13 heteroatoms. The smallest absolute Gasteiger partial charge is 0.315 e. The van der Waals surface area contributed by atoms with E-state index >= 15 is 0 Å². The minimum atomic E-state index is -1.11. The first kappa shape index (κ1) is 31.7. The van der Waals surface area contributed by atoms with Gasteiger partial charge in [-0.2, -0.15) is 10.2 Å². The van der Waals surface area contributed by atoms with Crippen molar-refractivity contribution in [3.05, 3.63) is 94.2 Å². The fourth-order valence-electron chi connectivity index (χ4n) is 4.75. The molecule has 5 amide bonds. The predicted octanol–water partition coefficient (Wildman–Crippen LogP) is 6.72. The number of hydrogen-bond acceptors (Lipinski definition) is 5. The van der Waals surface area contributed by atoms with Gasteiger partial charge in [0.2, 0.25) is 5.91 Å². The van der Waals surface area contributed by atoms with Crippen LogP contribution in [0.15, 0.2) is 77.9 Å². The average Bonchev–Trinajstić information content (AvgIpc) is 3.17. The molecule has 1 aliphatic heterocycles. The Labute approximate surface area is 258 Å². The summed E-state index contributed by atoms with van der Waals surface area (Å²) in [5.74, 6) is -0.678. The Morgan fingerprint density at radius 3 is 2.23 bits per heavy atom. The molecule has 1 saturated heterocycles. The number of halogens is 3. The van der Waals surface area contributed by atoms with Crippen LogP contribution < -0.4 is 15.6 Å². The van der Waals surface area contributed by atoms with E-state index in [1.54, 1.807) is 67.3 Å². The van der Waals surface area contributed by atoms with Crippen LogP contribution in [0.5, 0.6) is 0 Å². The van der Waals surface area contributed by atoms with Crippen LogP contribution in [0.4, 0.5) is 25.4 Å². The number of hydroxylamine groups is 2. The van der Waals surface area contributed by atoms with Crippen LogP contribution in [0.25, 0.3) is 0 Å². The third kappa shape index (κ3) is 7.81. The third-order valence-electron chi connectivity index (χ3n) is 6.96. The zero-order valence-electron chi connectivity index (χ0n) is 23.5. The van der Waals surface area contributed by atoms with Gasteiger partial charge in [-0.05, 0) is 92.9 Å². The molecule has 0 radical (unpaired) electrons. The highest BCUT2D eigenvalue weighted by molar-refractivity contribution is 6.31. The first-order valence-corrected chi connectivity index (χ1v) is 14.2. The van der Waals surface area contributed by atoms with Crippen LogP contribution in [0, 0.1) is 5.82 Å². The van der Waals surface area contributed by atoms with Crippen molar-refractivity contribution in [1.82, 2.24) is 15.4 Å². The zero-order valence-corrected chi connectivity index (χ0v) is 25.0. The molecule has 0 saturated carbocycles. The lowest BCUT2D eigenvalue weighted by Gasteiger charge is -2.38. The second-order valence-corrected chi connectivity index (χ2v) is 11.3. The molecule has 10 nitrogen and oxygen atoms in total. The number of carbonyl (C=O) groups excluding carboxylic acids is 3. The molecule has 0 aromatic heterocycles. The number of nitrogens with one attached hydrogen (secondary N) is 2. The summed E-state index contributed by atoms with van der Waals surface area (Å²) in [7, 11) is 0. The number of benzene rings is 3. The van der Waals surface area contributed by atoms with Gasteiger partial charge in [0.25, 0.3) is 0 Å². The summed E-state index contributed by atoms with van der Waals surface area (Å²) in [6.07, 6.45) is 1.37. The predicted molar refractivity (Wildman–Crippen MR) is 164 cm³/mol. The van der Waals surface area contributed by atoms with Crippen molar-refractivity contribution in [2.75, 3.05) is 16.8 Å². The van der Waals surface area contributed by atoms with E-state index in [0.717, 1.165) is 0 Å². The first-order valence-electron chi connectivity index (χ1n) is 13.5. The number of hydrogen-bond donors (Lipinski definition) is 3. The van der Waals surface area contributed by atoms with Crippen molar-refractivity contribution >= 4 is 58.8 Å². The summed E-state index contributed by atoms with van der Waals surface area (Å²) in [5.41, 5.74) is 2.86. The summed E-state index contributed by atoms with van der Waals surface area (Å²) in [6.45, 7) is 3.76. The van der Waals surface area contributed by atoms with E-state index in [0.29, 0.717) is 44.9 Å². The van der Waals surface area contributed by atoms with Crippen LogP contribution in [-0.4, -0.2) is 57.6 Å². The topological polar surface area (TPSA) is 118 Å². The zero-order chi connectivity index (χ0) is 31.1. The van der Waals surface area contributed by atoms with Gasteiger partial charge >= 0.3 is 12.1 Å². The molecule has 1 atom stereocenters. The number of nitrogens with zero attached hydrogens (tertiary/aromatic N) is 4. The maximum atomic E-state index is 13.8. The van der Waals surface area contributed by atoms with E-state index in [1.165, 1.54) is 35.4 Å². The van der Waals surface area contributed by atoms with Crippen LogP contribution >= 0.6 is 23.2 Å². The van der Waals surface area contributed by atoms with Gasteiger partial charge in [-0.1, -0.05) is 35.3 Å². The molecular weight excluding hydrogens is 598 g/mol. The average molecular weight is 630 g/mol. The number of carbonyl (C=O) groups is 3. The quantitative estimate of drug-likeness (QED) is 0.0999. The fraction of sp³-hybridized carbons (Fsp3) is 0.267. The molecule has 1 unspecified atom stereocenters. The molecule has 1 aliphatic rings. The molecule has 3 aromatic carbocycles. The van der Waals surface area contributed by atoms with Crippen molar-refractivity contribution in [1.29, 1.82) is 0 Å². The van der Waals surface area contributed by atoms with Crippen molar-refractivity contribution in [3.63, 3.8) is 0 Å². The monoisotopic (exact) mass is 628 g/mol. The number of anilines is 2. The number of unbranched alkanes of at least 4 members (excludes halogenated alkanes) is 1. The minimum Gasteiger partial charge on any atom is -0.315 e. The van der Waals surface area contributed by atoms with E-state index in [2.05, 4.69) is 15.8 Å². The van der Waals surface area contributed by atoms with Crippen LogP contribution in [0.3, 0.4) is 0 Å². The first-order chi connectivity index (χ1) is 20.5. The second kappa shape index (κ2) is 13.9. The summed E-state index contributed by atoms with van der Waals surface area (Å²) in [5, 5.41) is 19.1. The molecule has 3 aromatic rings. The van der Waals surface area contributed by atoms with Gasteiger partial charge < -0.3 is 10.2 Å². The Bertz CT molecular complexity index is 1470. The van der Waals surface area contributed by atoms with Crippen LogP contribution in [-0.2, 0) is 4.79 Å². The lowest BCUT2D eigenvalue weighted by Crippen LogP contribution is -2.58. The number of rotatable bonds is 10. The van der Waals surface area contributed by atoms with E-state index < -0.39 is 23.8 Å². The van der Waals surface area contributed by atoms with Gasteiger partial charge in [-0.25, -0.2) is 19.4 Å². The third-order valence-corrected chi connectivity index (χ3v) is 7.46. The van der Waals surface area contributed by atoms with Gasteiger partial charge in [-0.15, -0.1) is 0 Å². The lowest BCUT2D eigenvalue weighted by atomic mass is 9.99. The number of amides is 5. The Kier molecular flexibility index (Phi) is 10.2. The van der Waals surface area contributed by atoms with E-state index in [1.807, 2.05) is 0 Å². The molecule has 226 valence electrons. The Morgan fingerprint density at radius 2 is 1.60 bits per heavy atom. The highest BCUT2D eigenvalue weighted by Gasteiger charge is 2.55. The Morgan fingerprint density at radius 1 is 1.00 bits per heavy atom. The lowest BCUT2D eigenvalue weighted by molar-refractivity contribution is -0.121. The van der Waals surface area contributed by atoms with Gasteiger partial charge in [0, 0.05) is 34.4 Å². The maximum absolute atomic E-state index is 13.8. The van der Waals surface area contributed by atoms with Gasteiger partial charge in [0.15, 0.2) is 6.17 Å². The van der Waals surface area contributed by atoms with Gasteiger partial charge in [-0.3, -0.25) is 14.9 Å². The Hall–Kier alpha value is -4.19. The number of urea groups is 2. The van der Waals surface area contributed by atoms with Gasteiger partial charge in [0.05, 0.1) is 11.8 Å². The molecule has 1 heterocycles. The van der Waals surface area contributed by atoms with Crippen LogP contribution in [0.2, 0.25) is 10.0 Å². The molecule has 1 fully saturated rings. The molecule has 43 heavy (non-hydrogen) atoms. The largest absolute Gasteiger partial charge is 0.347 e. The van der Waals surface area contributed by atoms with Crippen molar-refractivity contribution < 1.29 is 24.0 Å². The highest BCUT2D eigenvalue weighted by atomic mass is 35.5. The standard InChI is InChI=1S/C30H31Cl2FN6O4/c1-30(2)27(39(43)28(41)35-24-14-8-21(31)9-15-24)38(25-16-10-22(32)11-17-25)29(42)37(30)18-4-3-5-26(40)36-34-19-20-6-12-23(33)13-7-20/h6-17,19,27,43H,3-5,18H2,1-2H3,(H,35,41)(H,36,40). The Balaban J connectivity index is 1.42. The van der Waals surface area contributed by atoms with Crippen molar-refractivity contribution in [3.8, 4) is 0 Å². The van der Waals surface area contributed by atoms with Crippen LogP contribution in [0.1, 0.15) is 38.7 Å². The van der Waals surface area contributed by atoms with Gasteiger partial charge in [0.1, 0.15) is 5.82 Å². The minimum absolute atomic E-state index is 0.156. The van der Waals surface area contributed by atoms with E-state index in [9.17, 15) is 24.0 Å². The summed E-state index contributed by atoms with van der Waals surface area (Å²) in [4.78, 5) is 42.1. The molecular formula is C30H31Cl2FN6O4. The van der Waals surface area contributed by atoms with E-state index in [4.69, 9.17) is 23.2 Å². The van der Waals surface area contributed by atoms with Crippen molar-refractivity contribution in [2.45, 2.75) is 44.8 Å². The highest BCUT2D eigenvalue weighted by Crippen LogP contribution is 2.38. The normalized spacial score (nSPS) is 16.0. The van der Waals surface area contributed by atoms with Crippen molar-refractivity contribution in [2.24, 2.45) is 5.10 Å². The summed E-state index contributed by atoms with van der Waals surface area (Å²) < 4.78 is 13.0. The fourth-order valence-corrected chi connectivity index (χ4v) is 5.00. The molecule has 0 bridgehead atoms. The summed E-state index contributed by atoms with van der Waals surface area (Å²) in [6, 6.07) is 17.3. The van der Waals surface area contributed by atoms with E-state index in [-0.39, 0.29) is 24.7 Å². The SMILES string of the molecule is CC1(C)C(N(O)C(=O)Nc2ccc(Cl)cc2)N(c2ccc(Cl)cc2)C(=O)N1CCCCC(=O)NN=Cc1ccc(F)cc1.